The van der Waals surface area contributed by atoms with E-state index in [2.05, 4.69) is 0 Å². The first-order chi connectivity index (χ1) is 25.4. The second-order valence-corrected chi connectivity index (χ2v) is 14.6. The lowest BCUT2D eigenvalue weighted by Crippen LogP contribution is -3.32. The first kappa shape index (κ1) is 44.9. The summed E-state index contributed by atoms with van der Waals surface area (Å²) in [5, 5.41) is 0. The zero-order valence-corrected chi connectivity index (χ0v) is 32.8. The quantitative estimate of drug-likeness (QED) is 0.192. The van der Waals surface area contributed by atoms with Crippen molar-refractivity contribution in [2.24, 2.45) is 0 Å². The van der Waals surface area contributed by atoms with Gasteiger partial charge in [-0.25, -0.2) is 9.37 Å². The monoisotopic (exact) mass is 832 g/mol. The highest BCUT2D eigenvalue weighted by Gasteiger charge is 2.45. The minimum Gasteiger partial charge on any atom is -0.370 e. The van der Waals surface area contributed by atoms with Gasteiger partial charge < -0.3 is 19.3 Å². The second-order valence-electron chi connectivity index (χ2n) is 14.6. The number of halogens is 9. The zero-order chi connectivity index (χ0) is 39.0. The molecule has 0 aliphatic carbocycles. The zero-order valence-electron chi connectivity index (χ0n) is 31.2. The number of rotatable bonds is 9. The number of morpholine rings is 1. The number of nitrogens with one attached hydrogen (secondary N) is 2. The highest BCUT2D eigenvalue weighted by Crippen LogP contribution is 2.41. The number of piperazine rings is 1. The summed E-state index contributed by atoms with van der Waals surface area (Å²) in [7, 11) is 1.40. The van der Waals surface area contributed by atoms with Crippen LogP contribution < -0.4 is 14.7 Å². The Hall–Kier alpha value is -3.79. The first-order valence-electron chi connectivity index (χ1n) is 17.7. The van der Waals surface area contributed by atoms with Crippen LogP contribution in [0.15, 0.2) is 79.0 Å². The SMILES string of the molecule is Cc1cc(F)ccc1-c1cc([NH+]2C[C@H]3COCC[NH+]3C[C@H]2COCc2ccccc2)ncc1N(C)C(=O)C(C)(C)c1cc(C(F)(F)F)cc(C(F)(F)F)c1.Cl.Cl. The largest absolute Gasteiger partial charge is 0.416 e. The normalized spacial score (nSPS) is 20.0. The number of pyridine rings is 1. The van der Waals surface area contributed by atoms with Gasteiger partial charge in [0.05, 0.1) is 41.6 Å². The molecule has 3 aromatic carbocycles. The highest BCUT2D eigenvalue weighted by molar-refractivity contribution is 6.03. The third-order valence-corrected chi connectivity index (χ3v) is 10.6. The lowest BCUT2D eigenvalue weighted by molar-refractivity contribution is -1.03. The Morgan fingerprint density at radius 3 is 2.16 bits per heavy atom. The van der Waals surface area contributed by atoms with Gasteiger partial charge in [0.1, 0.15) is 38.7 Å². The standard InChI is InChI=1S/C40H41F7N4O3.2ClH/c1-25-14-30(41)10-11-33(25)34-18-36(51-21-31-23-53-13-12-50(31)20-32(51)24-54-22-26-8-6-5-7-9-26)48-19-35(34)49(4)37(52)38(2,3)27-15-28(39(42,43)44)17-29(16-27)40(45,46)47;;/h5-11,14-19,31-32H,12-13,20-24H2,1-4H3;2*1H/p+2/t31-,32-;;/m0../s1. The van der Waals surface area contributed by atoms with Gasteiger partial charge in [0.15, 0.2) is 12.1 Å². The number of amides is 1. The van der Waals surface area contributed by atoms with Crippen LogP contribution in [0, 0.1) is 12.7 Å². The third-order valence-electron chi connectivity index (χ3n) is 10.6. The summed E-state index contributed by atoms with van der Waals surface area (Å²) < 4.78 is 109. The van der Waals surface area contributed by atoms with Crippen molar-refractivity contribution in [1.29, 1.82) is 0 Å². The minimum atomic E-state index is -5.09. The molecule has 1 amide bonds. The predicted molar refractivity (Wildman–Crippen MR) is 202 cm³/mol. The van der Waals surface area contributed by atoms with Gasteiger partial charge in [0.2, 0.25) is 11.7 Å². The van der Waals surface area contributed by atoms with Crippen LogP contribution >= 0.6 is 24.8 Å². The Kier molecular flexibility index (Phi) is 14.3. The van der Waals surface area contributed by atoms with E-state index in [0.717, 1.165) is 23.6 Å². The number of ether oxygens (including phenoxy) is 2. The number of quaternary nitrogens is 2. The third kappa shape index (κ3) is 9.83. The summed E-state index contributed by atoms with van der Waals surface area (Å²) in [5.41, 5.74) is -2.43. The Labute approximate surface area is 333 Å². The van der Waals surface area contributed by atoms with Crippen LogP contribution in [-0.4, -0.2) is 69.5 Å². The second kappa shape index (κ2) is 17.8. The Morgan fingerprint density at radius 2 is 1.54 bits per heavy atom. The molecule has 7 nitrogen and oxygen atoms in total. The molecule has 16 heteroatoms. The smallest absolute Gasteiger partial charge is 0.370 e. The van der Waals surface area contributed by atoms with Crippen molar-refractivity contribution >= 4 is 42.2 Å². The molecule has 0 radical (unpaired) electrons. The number of nitrogens with zero attached hydrogens (tertiary/aromatic N) is 2. The fourth-order valence-electron chi connectivity index (χ4n) is 7.47. The molecule has 2 aliphatic rings. The van der Waals surface area contributed by atoms with Crippen molar-refractivity contribution < 1.29 is 54.8 Å². The van der Waals surface area contributed by atoms with E-state index in [-0.39, 0.29) is 48.7 Å². The van der Waals surface area contributed by atoms with E-state index in [1.807, 2.05) is 36.4 Å². The maximum atomic E-state index is 14.4. The molecule has 0 bridgehead atoms. The molecule has 0 saturated carbocycles. The van der Waals surface area contributed by atoms with Crippen LogP contribution in [0.1, 0.15) is 41.7 Å². The van der Waals surface area contributed by atoms with Crippen LogP contribution in [0.25, 0.3) is 11.1 Å². The lowest BCUT2D eigenvalue weighted by Gasteiger charge is -2.42. The summed E-state index contributed by atoms with van der Waals surface area (Å²) in [6, 6.07) is 17.2. The van der Waals surface area contributed by atoms with Gasteiger partial charge in [-0.1, -0.05) is 36.4 Å². The number of aryl methyl sites for hydroxylation is 1. The molecule has 6 rings (SSSR count). The van der Waals surface area contributed by atoms with Gasteiger partial charge in [0, 0.05) is 18.7 Å². The molecule has 2 aliphatic heterocycles. The van der Waals surface area contributed by atoms with E-state index in [9.17, 15) is 35.5 Å². The van der Waals surface area contributed by atoms with Gasteiger partial charge in [-0.15, -0.1) is 24.8 Å². The number of carbonyl (C=O) groups is 1. The Morgan fingerprint density at radius 1 is 0.893 bits per heavy atom. The molecule has 4 atom stereocenters. The molecule has 3 heterocycles. The van der Waals surface area contributed by atoms with Crippen molar-refractivity contribution in [3.63, 3.8) is 0 Å². The van der Waals surface area contributed by atoms with Crippen molar-refractivity contribution in [2.75, 3.05) is 51.4 Å². The lowest BCUT2D eigenvalue weighted by atomic mass is 9.81. The van der Waals surface area contributed by atoms with Gasteiger partial charge in [0.25, 0.3) is 0 Å². The van der Waals surface area contributed by atoms with Gasteiger partial charge >= 0.3 is 12.4 Å². The fraction of sp³-hybridized carbons (Fsp3) is 0.400. The average molecular weight is 834 g/mol. The van der Waals surface area contributed by atoms with Crippen LogP contribution in [0.5, 0.6) is 0 Å². The van der Waals surface area contributed by atoms with Gasteiger partial charge in [-0.05, 0) is 73.4 Å². The number of carbonyl (C=O) groups excluding carboxylic acids is 1. The minimum absolute atomic E-state index is 0. The molecule has 2 fully saturated rings. The molecule has 0 spiro atoms. The van der Waals surface area contributed by atoms with Crippen molar-refractivity contribution in [3.8, 4) is 11.1 Å². The van der Waals surface area contributed by atoms with Crippen LogP contribution in [-0.2, 0) is 38.6 Å². The number of likely N-dealkylation sites (N-methyl/N-ethyl adjacent to an activating group) is 1. The maximum Gasteiger partial charge on any atom is 0.416 e. The Bertz CT molecular complexity index is 1950. The van der Waals surface area contributed by atoms with E-state index in [1.54, 1.807) is 13.0 Å². The number of hydrogen-bond donors (Lipinski definition) is 2. The summed E-state index contributed by atoms with van der Waals surface area (Å²) in [4.78, 5) is 22.8. The van der Waals surface area contributed by atoms with E-state index >= 15 is 0 Å². The van der Waals surface area contributed by atoms with Crippen LogP contribution in [0.3, 0.4) is 0 Å². The van der Waals surface area contributed by atoms with Crippen LogP contribution in [0.4, 0.5) is 42.2 Å². The number of aromatic nitrogens is 1. The van der Waals surface area contributed by atoms with E-state index < -0.39 is 46.2 Å². The van der Waals surface area contributed by atoms with E-state index in [0.29, 0.717) is 67.6 Å². The molecule has 304 valence electrons. The Balaban J connectivity index is 0.00000348. The number of fused-ring (bicyclic) bond motifs is 1. The molecular formula is C40H45Cl2F7N4O3+2. The molecule has 56 heavy (non-hydrogen) atoms. The van der Waals surface area contributed by atoms with Gasteiger partial charge in [-0.2, -0.15) is 26.3 Å². The van der Waals surface area contributed by atoms with E-state index in [1.165, 1.54) is 49.0 Å². The molecule has 4 aromatic rings. The topological polar surface area (TPSA) is 60.5 Å². The average Bonchev–Trinajstić information content (AvgIpc) is 3.13. The van der Waals surface area contributed by atoms with Crippen molar-refractivity contribution in [3.05, 3.63) is 113 Å². The number of benzene rings is 3. The number of alkyl halides is 6. The fourth-order valence-corrected chi connectivity index (χ4v) is 7.47. The van der Waals surface area contributed by atoms with E-state index in [4.69, 9.17) is 14.5 Å². The summed E-state index contributed by atoms with van der Waals surface area (Å²) >= 11 is 0. The number of hydrogen-bond acceptors (Lipinski definition) is 4. The first-order valence-corrected chi connectivity index (χ1v) is 17.7. The highest BCUT2D eigenvalue weighted by atomic mass is 35.5. The van der Waals surface area contributed by atoms with Gasteiger partial charge in [-0.3, -0.25) is 9.69 Å². The molecule has 2 N–H and O–H groups in total. The molecule has 1 aromatic heterocycles. The molecule has 2 saturated heterocycles. The molecular weight excluding hydrogens is 788 g/mol. The number of anilines is 1. The summed E-state index contributed by atoms with van der Waals surface area (Å²) in [6.45, 7) is 8.69. The summed E-state index contributed by atoms with van der Waals surface area (Å²) in [5.74, 6) is -0.606. The summed E-state index contributed by atoms with van der Waals surface area (Å²) in [6.07, 6.45) is -8.69. The van der Waals surface area contributed by atoms with Crippen molar-refractivity contribution in [2.45, 2.75) is 57.2 Å². The van der Waals surface area contributed by atoms with Crippen molar-refractivity contribution in [1.82, 2.24) is 4.98 Å². The maximum absolute atomic E-state index is 14.4. The molecule has 2 unspecified atom stereocenters. The predicted octanol–water partition coefficient (Wildman–Crippen LogP) is 6.42. The van der Waals surface area contributed by atoms with Crippen LogP contribution in [0.2, 0.25) is 0 Å².